The normalized spacial score (nSPS) is 34.2. The van der Waals surface area contributed by atoms with Gasteiger partial charge in [0.05, 0.1) is 12.2 Å². The smallest absolute Gasteiger partial charge is 0.226 e. The van der Waals surface area contributed by atoms with Gasteiger partial charge in [0.2, 0.25) is 5.28 Å². The summed E-state index contributed by atoms with van der Waals surface area (Å²) in [6, 6.07) is 0.381. The van der Waals surface area contributed by atoms with Crippen molar-refractivity contribution in [2.24, 2.45) is 0 Å². The molecule has 1 saturated carbocycles. The Morgan fingerprint density at radius 1 is 1.24 bits per heavy atom. The van der Waals surface area contributed by atoms with Gasteiger partial charge in [0.15, 0.2) is 29.0 Å². The summed E-state index contributed by atoms with van der Waals surface area (Å²) < 4.78 is 20.5. The third-order valence-electron chi connectivity index (χ3n) is 6.07. The first-order chi connectivity index (χ1) is 13.8. The van der Waals surface area contributed by atoms with Crippen molar-refractivity contribution in [3.8, 4) is 0 Å². The van der Waals surface area contributed by atoms with E-state index < -0.39 is 17.6 Å². The summed E-state index contributed by atoms with van der Waals surface area (Å²) >= 11 is 12.4. The van der Waals surface area contributed by atoms with Gasteiger partial charge in [-0.05, 0) is 45.2 Å². The highest BCUT2D eigenvalue weighted by atomic mass is 35.5. The Labute approximate surface area is 179 Å². The Hall–Kier alpha value is -1.19. The van der Waals surface area contributed by atoms with Crippen LogP contribution in [0.2, 0.25) is 5.28 Å². The number of aromatic nitrogens is 4. The van der Waals surface area contributed by atoms with Crippen LogP contribution in [0.5, 0.6) is 0 Å². The molecule has 2 aromatic heterocycles. The van der Waals surface area contributed by atoms with Gasteiger partial charge in [0, 0.05) is 6.04 Å². The molecule has 8 nitrogen and oxygen atoms in total. The Morgan fingerprint density at radius 2 is 2.00 bits per heavy atom. The van der Waals surface area contributed by atoms with Gasteiger partial charge in [-0.15, -0.1) is 11.6 Å². The van der Waals surface area contributed by atoms with Crippen molar-refractivity contribution < 1.29 is 14.2 Å². The summed E-state index contributed by atoms with van der Waals surface area (Å²) in [5.41, 5.74) is 0.518. The summed E-state index contributed by atoms with van der Waals surface area (Å²) in [5.74, 6) is 0.222. The molecule has 10 heteroatoms. The molecule has 0 unspecified atom stereocenters. The SMILES string of the molecule is CC1(C)O[C@@H]2[C@@H](CCl)O[C@@H](n3cnc4c(NC5CCCC5)nc(Cl)nc43)[C@]2(C)O1. The predicted molar refractivity (Wildman–Crippen MR) is 109 cm³/mol. The Bertz CT molecular complexity index is 932. The number of nitrogens with zero attached hydrogens (tertiary/aromatic N) is 4. The predicted octanol–water partition coefficient (Wildman–Crippen LogP) is 3.88. The average molecular weight is 442 g/mol. The van der Waals surface area contributed by atoms with Gasteiger partial charge in [-0.2, -0.15) is 9.97 Å². The van der Waals surface area contributed by atoms with Crippen molar-refractivity contribution in [3.63, 3.8) is 0 Å². The number of ether oxygens (including phenoxy) is 3. The number of anilines is 1. The molecule has 158 valence electrons. The molecule has 1 N–H and O–H groups in total. The van der Waals surface area contributed by atoms with E-state index in [0.717, 1.165) is 12.8 Å². The highest BCUT2D eigenvalue weighted by Crippen LogP contribution is 2.51. The molecule has 4 atom stereocenters. The van der Waals surface area contributed by atoms with Crippen molar-refractivity contribution >= 4 is 40.2 Å². The van der Waals surface area contributed by atoms with Crippen molar-refractivity contribution in [2.75, 3.05) is 11.2 Å². The average Bonchev–Trinajstić information content (AvgIpc) is 3.38. The molecular formula is C19H25Cl2N5O3. The lowest BCUT2D eigenvalue weighted by molar-refractivity contribution is -0.212. The number of rotatable bonds is 4. The zero-order valence-electron chi connectivity index (χ0n) is 16.7. The minimum Gasteiger partial charge on any atom is -0.365 e. The van der Waals surface area contributed by atoms with Crippen molar-refractivity contribution in [2.45, 2.75) is 82.3 Å². The second-order valence-electron chi connectivity index (χ2n) is 8.70. The van der Waals surface area contributed by atoms with Crippen LogP contribution >= 0.6 is 23.2 Å². The molecule has 29 heavy (non-hydrogen) atoms. The molecule has 5 rings (SSSR count). The first kappa shape index (κ1) is 19.8. The maximum Gasteiger partial charge on any atom is 0.226 e. The minimum atomic E-state index is -0.743. The highest BCUT2D eigenvalue weighted by Gasteiger charge is 2.64. The van der Waals surface area contributed by atoms with Gasteiger partial charge in [-0.25, -0.2) is 4.98 Å². The fraction of sp³-hybridized carbons (Fsp3) is 0.737. The number of imidazole rings is 1. The lowest BCUT2D eigenvalue weighted by Crippen LogP contribution is -2.41. The maximum absolute atomic E-state index is 6.30. The largest absolute Gasteiger partial charge is 0.365 e. The highest BCUT2D eigenvalue weighted by molar-refractivity contribution is 6.28. The summed E-state index contributed by atoms with van der Waals surface area (Å²) in [4.78, 5) is 13.4. The van der Waals surface area contributed by atoms with Crippen molar-refractivity contribution in [3.05, 3.63) is 11.6 Å². The fourth-order valence-corrected chi connectivity index (χ4v) is 5.33. The van der Waals surface area contributed by atoms with Crippen molar-refractivity contribution in [1.82, 2.24) is 19.5 Å². The van der Waals surface area contributed by atoms with E-state index in [1.54, 1.807) is 6.33 Å². The zero-order chi connectivity index (χ0) is 20.4. The lowest BCUT2D eigenvalue weighted by Gasteiger charge is -2.30. The van der Waals surface area contributed by atoms with E-state index in [2.05, 4.69) is 20.3 Å². The number of hydrogen-bond acceptors (Lipinski definition) is 7. The van der Waals surface area contributed by atoms with E-state index in [1.807, 2.05) is 25.3 Å². The van der Waals surface area contributed by atoms with Crippen LogP contribution in [0.25, 0.3) is 11.2 Å². The standard InChI is InChI=1S/C19H25Cl2N5O3/c1-18(2)28-13-11(8-20)27-16(19(13,3)29-18)26-9-22-12-14(23-10-6-4-5-7-10)24-17(21)25-15(12)26/h9-11,13,16H,4-8H2,1-3H3,(H,23,24,25)/t11-,13-,16-,19-/m1/s1. The van der Waals surface area contributed by atoms with Crippen molar-refractivity contribution in [1.29, 1.82) is 0 Å². The van der Waals surface area contributed by atoms with Gasteiger partial charge >= 0.3 is 0 Å². The number of fused-ring (bicyclic) bond motifs is 2. The van der Waals surface area contributed by atoms with Crippen LogP contribution in [0.15, 0.2) is 6.33 Å². The summed E-state index contributed by atoms with van der Waals surface area (Å²) in [7, 11) is 0. The molecule has 2 saturated heterocycles. The number of alkyl halides is 1. The molecule has 0 aromatic carbocycles. The van der Waals surface area contributed by atoms with E-state index in [4.69, 9.17) is 37.4 Å². The second kappa shape index (κ2) is 6.92. The molecule has 0 amide bonds. The molecule has 4 heterocycles. The molecular weight excluding hydrogens is 417 g/mol. The van der Waals surface area contributed by atoms with Crippen LogP contribution in [0.3, 0.4) is 0 Å². The monoisotopic (exact) mass is 441 g/mol. The molecule has 0 radical (unpaired) electrons. The quantitative estimate of drug-likeness (QED) is 0.568. The fourth-order valence-electron chi connectivity index (χ4n) is 4.93. The van der Waals surface area contributed by atoms with E-state index in [0.29, 0.717) is 28.9 Å². The molecule has 0 bridgehead atoms. The van der Waals surface area contributed by atoms with Gasteiger partial charge in [-0.3, -0.25) is 4.57 Å². The molecule has 3 fully saturated rings. The first-order valence-corrected chi connectivity index (χ1v) is 11.0. The summed E-state index contributed by atoms with van der Waals surface area (Å²) in [6.45, 7) is 5.77. The maximum atomic E-state index is 6.30. The van der Waals surface area contributed by atoms with E-state index in [9.17, 15) is 0 Å². The third-order valence-corrected chi connectivity index (χ3v) is 6.54. The zero-order valence-corrected chi connectivity index (χ0v) is 18.2. The van der Waals surface area contributed by atoms with Crippen LogP contribution in [0, 0.1) is 0 Å². The van der Waals surface area contributed by atoms with E-state index in [1.165, 1.54) is 12.8 Å². The third kappa shape index (κ3) is 3.20. The second-order valence-corrected chi connectivity index (χ2v) is 9.34. The first-order valence-electron chi connectivity index (χ1n) is 10.1. The Balaban J connectivity index is 1.56. The van der Waals surface area contributed by atoms with Crippen LogP contribution in [-0.2, 0) is 14.2 Å². The number of halogens is 2. The molecule has 2 aliphatic heterocycles. The summed E-state index contributed by atoms with van der Waals surface area (Å²) in [5, 5.41) is 3.65. The van der Waals surface area contributed by atoms with Gasteiger partial charge in [-0.1, -0.05) is 12.8 Å². The molecule has 1 aliphatic carbocycles. The molecule has 3 aliphatic rings. The molecule has 2 aromatic rings. The number of hydrogen-bond donors (Lipinski definition) is 1. The van der Waals surface area contributed by atoms with E-state index in [-0.39, 0.29) is 17.5 Å². The Morgan fingerprint density at radius 3 is 2.72 bits per heavy atom. The van der Waals surface area contributed by atoms with Gasteiger partial charge in [0.1, 0.15) is 17.8 Å². The Kier molecular flexibility index (Phi) is 4.71. The van der Waals surface area contributed by atoms with Crippen LogP contribution in [0.4, 0.5) is 5.82 Å². The minimum absolute atomic E-state index is 0.164. The molecule has 0 spiro atoms. The topological polar surface area (TPSA) is 83.3 Å². The van der Waals surface area contributed by atoms with Crippen LogP contribution < -0.4 is 5.32 Å². The van der Waals surface area contributed by atoms with Crippen LogP contribution in [0.1, 0.15) is 52.7 Å². The lowest BCUT2D eigenvalue weighted by atomic mass is 9.97. The van der Waals surface area contributed by atoms with Crippen LogP contribution in [-0.4, -0.2) is 55.0 Å². The van der Waals surface area contributed by atoms with Gasteiger partial charge in [0.25, 0.3) is 0 Å². The van der Waals surface area contributed by atoms with Gasteiger partial charge < -0.3 is 19.5 Å². The van der Waals surface area contributed by atoms with E-state index >= 15 is 0 Å². The summed E-state index contributed by atoms with van der Waals surface area (Å²) in [6.07, 6.45) is 5.26. The number of nitrogens with one attached hydrogen (secondary N) is 1.